The van der Waals surface area contributed by atoms with Crippen LogP contribution in [0.2, 0.25) is 0 Å². The molecule has 0 atom stereocenters. The second-order valence-electron chi connectivity index (χ2n) is 5.72. The van der Waals surface area contributed by atoms with Crippen LogP contribution >= 0.6 is 0 Å². The van der Waals surface area contributed by atoms with Crippen LogP contribution in [0.1, 0.15) is 11.1 Å². The minimum absolute atomic E-state index is 0.338. The topological polar surface area (TPSA) is 84.3 Å². The first-order chi connectivity index (χ1) is 12.7. The summed E-state index contributed by atoms with van der Waals surface area (Å²) < 4.78 is 5.19. The van der Waals surface area contributed by atoms with Gasteiger partial charge >= 0.3 is 5.97 Å². The molecule has 2 N–H and O–H groups in total. The minimum atomic E-state index is -0.988. The van der Waals surface area contributed by atoms with E-state index in [2.05, 4.69) is 27.4 Å². The Bertz CT molecular complexity index is 852. The van der Waals surface area contributed by atoms with Gasteiger partial charge in [0, 0.05) is 31.0 Å². The third-order valence-electron chi connectivity index (χ3n) is 3.73. The number of carboxylic acids is 1. The maximum atomic E-state index is 10.6. The average Bonchev–Trinajstić information content (AvgIpc) is 2.68. The number of carboxylic acid groups (broad SMARTS) is 1. The van der Waals surface area contributed by atoms with Gasteiger partial charge in [-0.25, -0.2) is 4.79 Å². The number of hydrogen-bond donors (Lipinski definition) is 2. The predicted molar refractivity (Wildman–Crippen MR) is 97.6 cm³/mol. The molecule has 0 aliphatic rings. The van der Waals surface area contributed by atoms with Gasteiger partial charge in [-0.15, -0.1) is 0 Å². The Morgan fingerprint density at radius 1 is 1.04 bits per heavy atom. The molecule has 2 aromatic carbocycles. The van der Waals surface area contributed by atoms with Crippen LogP contribution in [-0.4, -0.2) is 27.7 Å². The van der Waals surface area contributed by atoms with Crippen molar-refractivity contribution in [3.63, 3.8) is 0 Å². The zero-order valence-corrected chi connectivity index (χ0v) is 14.1. The Morgan fingerprint density at radius 2 is 1.85 bits per heavy atom. The first-order valence-corrected chi connectivity index (χ1v) is 8.20. The number of rotatable bonds is 8. The lowest BCUT2D eigenvalue weighted by atomic mass is 10.1. The summed E-state index contributed by atoms with van der Waals surface area (Å²) in [7, 11) is 0. The summed E-state index contributed by atoms with van der Waals surface area (Å²) in [5, 5.41) is 12.0. The van der Waals surface area contributed by atoms with Gasteiger partial charge in [-0.3, -0.25) is 9.97 Å². The van der Waals surface area contributed by atoms with Gasteiger partial charge in [-0.2, -0.15) is 0 Å². The molecule has 0 amide bonds. The van der Waals surface area contributed by atoms with Gasteiger partial charge in [-0.05, 0) is 23.3 Å². The molecule has 1 aromatic heterocycles. The lowest BCUT2D eigenvalue weighted by Gasteiger charge is -2.08. The highest BCUT2D eigenvalue weighted by molar-refractivity contribution is 5.68. The van der Waals surface area contributed by atoms with E-state index in [4.69, 9.17) is 9.84 Å². The van der Waals surface area contributed by atoms with Gasteiger partial charge in [-0.1, -0.05) is 36.4 Å². The number of carbonyl (C=O) groups is 1. The molecule has 0 fully saturated rings. The van der Waals surface area contributed by atoms with Crippen molar-refractivity contribution < 1.29 is 14.6 Å². The van der Waals surface area contributed by atoms with Crippen molar-refractivity contribution in [2.75, 3.05) is 6.61 Å². The summed E-state index contributed by atoms with van der Waals surface area (Å²) in [5.74, 6) is -0.432. The third-order valence-corrected chi connectivity index (χ3v) is 3.73. The quantitative estimate of drug-likeness (QED) is 0.650. The standard InChI is InChI=1S/C20H19N3O3/c24-20(25)14-26-18-3-1-2-16(10-18)12-22-11-15-4-6-17(7-5-15)19-13-21-8-9-23-19/h1-10,13,22H,11-12,14H2,(H,24,25). The second kappa shape index (κ2) is 8.73. The molecule has 3 aromatic rings. The van der Waals surface area contributed by atoms with Crippen molar-refractivity contribution in [2.45, 2.75) is 13.1 Å². The van der Waals surface area contributed by atoms with Crippen molar-refractivity contribution in [1.82, 2.24) is 15.3 Å². The molecule has 1 heterocycles. The molecule has 3 rings (SSSR count). The first-order valence-electron chi connectivity index (χ1n) is 8.20. The fourth-order valence-electron chi connectivity index (χ4n) is 2.48. The zero-order valence-electron chi connectivity index (χ0n) is 14.1. The molecule has 0 aliphatic heterocycles. The summed E-state index contributed by atoms with van der Waals surface area (Å²) >= 11 is 0. The molecule has 0 bridgehead atoms. The molecule has 0 unspecified atom stereocenters. The van der Waals surface area contributed by atoms with Crippen molar-refractivity contribution in [3.05, 3.63) is 78.2 Å². The van der Waals surface area contributed by atoms with E-state index in [-0.39, 0.29) is 6.61 Å². The van der Waals surface area contributed by atoms with Crippen LogP contribution in [0.15, 0.2) is 67.1 Å². The summed E-state index contributed by atoms with van der Waals surface area (Å²) in [6.07, 6.45) is 5.08. The maximum absolute atomic E-state index is 10.6. The van der Waals surface area contributed by atoms with Gasteiger partial charge in [0.1, 0.15) is 5.75 Å². The maximum Gasteiger partial charge on any atom is 0.341 e. The molecular weight excluding hydrogens is 330 g/mol. The highest BCUT2D eigenvalue weighted by atomic mass is 16.5. The van der Waals surface area contributed by atoms with Gasteiger partial charge in [0.25, 0.3) is 0 Å². The highest BCUT2D eigenvalue weighted by Gasteiger charge is 2.02. The molecular formula is C20H19N3O3. The molecule has 0 saturated carbocycles. The number of ether oxygens (including phenoxy) is 1. The summed E-state index contributed by atoms with van der Waals surface area (Å²) in [6.45, 7) is 1.05. The molecule has 132 valence electrons. The Labute approximate surface area is 151 Å². The van der Waals surface area contributed by atoms with Gasteiger partial charge in [0.05, 0.1) is 11.9 Å². The zero-order chi connectivity index (χ0) is 18.2. The lowest BCUT2D eigenvalue weighted by molar-refractivity contribution is -0.139. The van der Waals surface area contributed by atoms with Crippen LogP contribution in [0.5, 0.6) is 5.75 Å². The van der Waals surface area contributed by atoms with Crippen LogP contribution in [0.4, 0.5) is 0 Å². The Kier molecular flexibility index (Phi) is 5.90. The molecule has 0 saturated heterocycles. The average molecular weight is 349 g/mol. The van der Waals surface area contributed by atoms with E-state index in [9.17, 15) is 4.79 Å². The van der Waals surface area contributed by atoms with E-state index in [0.29, 0.717) is 12.3 Å². The Balaban J connectivity index is 1.52. The fourth-order valence-corrected chi connectivity index (χ4v) is 2.48. The van der Waals surface area contributed by atoms with Crippen molar-refractivity contribution in [2.24, 2.45) is 0 Å². The fraction of sp³-hybridized carbons (Fsp3) is 0.150. The molecule has 0 aliphatic carbocycles. The van der Waals surface area contributed by atoms with Crippen molar-refractivity contribution in [3.8, 4) is 17.0 Å². The second-order valence-corrected chi connectivity index (χ2v) is 5.72. The third kappa shape index (κ3) is 5.12. The van der Waals surface area contributed by atoms with Crippen molar-refractivity contribution >= 4 is 5.97 Å². The molecule has 6 nitrogen and oxygen atoms in total. The van der Waals surface area contributed by atoms with Gasteiger partial charge in [0.2, 0.25) is 0 Å². The minimum Gasteiger partial charge on any atom is -0.482 e. The van der Waals surface area contributed by atoms with E-state index in [1.54, 1.807) is 24.7 Å². The number of hydrogen-bond acceptors (Lipinski definition) is 5. The van der Waals surface area contributed by atoms with Crippen LogP contribution in [0.3, 0.4) is 0 Å². The van der Waals surface area contributed by atoms with Crippen LogP contribution in [0, 0.1) is 0 Å². The van der Waals surface area contributed by atoms with Crippen LogP contribution in [0.25, 0.3) is 11.3 Å². The summed E-state index contributed by atoms with van der Waals surface area (Å²) in [5.41, 5.74) is 4.08. The lowest BCUT2D eigenvalue weighted by Crippen LogP contribution is -2.13. The van der Waals surface area contributed by atoms with E-state index >= 15 is 0 Å². The van der Waals surface area contributed by atoms with Crippen molar-refractivity contribution in [1.29, 1.82) is 0 Å². The SMILES string of the molecule is O=C(O)COc1cccc(CNCc2ccc(-c3cnccn3)cc2)c1. The van der Waals surface area contributed by atoms with E-state index < -0.39 is 5.97 Å². The van der Waals surface area contributed by atoms with Gasteiger partial charge in [0.15, 0.2) is 6.61 Å². The van der Waals surface area contributed by atoms with E-state index in [0.717, 1.165) is 28.9 Å². The van der Waals surface area contributed by atoms with Crippen LogP contribution < -0.4 is 10.1 Å². The number of benzene rings is 2. The summed E-state index contributed by atoms with van der Waals surface area (Å²) in [4.78, 5) is 18.9. The number of nitrogens with one attached hydrogen (secondary N) is 1. The summed E-state index contributed by atoms with van der Waals surface area (Å²) in [6, 6.07) is 15.6. The monoisotopic (exact) mass is 349 g/mol. The van der Waals surface area contributed by atoms with E-state index in [1.807, 2.05) is 30.3 Å². The molecule has 0 radical (unpaired) electrons. The molecule has 0 spiro atoms. The normalized spacial score (nSPS) is 10.5. The Morgan fingerprint density at radius 3 is 2.58 bits per heavy atom. The van der Waals surface area contributed by atoms with Gasteiger partial charge < -0.3 is 15.2 Å². The molecule has 26 heavy (non-hydrogen) atoms. The number of aromatic nitrogens is 2. The van der Waals surface area contributed by atoms with Crippen LogP contribution in [-0.2, 0) is 17.9 Å². The predicted octanol–water partition coefficient (Wildman–Crippen LogP) is 2.90. The highest BCUT2D eigenvalue weighted by Crippen LogP contribution is 2.16. The smallest absolute Gasteiger partial charge is 0.341 e. The van der Waals surface area contributed by atoms with E-state index in [1.165, 1.54) is 0 Å². The Hall–Kier alpha value is -3.25. The number of nitrogens with zero attached hydrogens (tertiary/aromatic N) is 2. The largest absolute Gasteiger partial charge is 0.482 e. The molecule has 6 heteroatoms. The number of aliphatic carboxylic acids is 1. The first kappa shape index (κ1) is 17.6.